The van der Waals surface area contributed by atoms with Crippen LogP contribution in [-0.2, 0) is 4.79 Å². The van der Waals surface area contributed by atoms with E-state index in [0.29, 0.717) is 12.4 Å². The van der Waals surface area contributed by atoms with Gasteiger partial charge in [0.15, 0.2) is 0 Å². The number of anilines is 1. The van der Waals surface area contributed by atoms with Crippen molar-refractivity contribution in [3.63, 3.8) is 0 Å². The molecule has 1 aliphatic rings. The number of nitrogens with one attached hydrogen (secondary N) is 1. The Balaban J connectivity index is 2.14. The smallest absolute Gasteiger partial charge is 0.296 e. The molecule has 1 aliphatic carbocycles. The van der Waals surface area contributed by atoms with Gasteiger partial charge in [-0.25, -0.2) is 0 Å². The normalized spacial score (nSPS) is 15.5. The number of benzene rings is 1. The highest BCUT2D eigenvalue weighted by atomic mass is 16.6. The molecule has 114 valence electrons. The van der Waals surface area contributed by atoms with Gasteiger partial charge in [0.25, 0.3) is 5.69 Å². The van der Waals surface area contributed by atoms with Gasteiger partial charge in [0.05, 0.1) is 17.6 Å². The molecule has 1 fully saturated rings. The number of nitro benzene ring substituents is 1. The molecule has 0 bridgehead atoms. The number of hydrogen-bond donors (Lipinski definition) is 1. The fourth-order valence-electron chi connectivity index (χ4n) is 2.62. The average molecular weight is 292 g/mol. The highest BCUT2D eigenvalue weighted by Crippen LogP contribution is 2.31. The molecule has 6 nitrogen and oxygen atoms in total. The number of carbonyl (C=O) groups excluding carboxylic acids is 1. The number of nitro groups is 1. The van der Waals surface area contributed by atoms with Crippen LogP contribution >= 0.6 is 0 Å². The van der Waals surface area contributed by atoms with Crippen LogP contribution in [0.15, 0.2) is 18.2 Å². The Hall–Kier alpha value is -2.11. The molecule has 0 radical (unpaired) electrons. The van der Waals surface area contributed by atoms with Crippen LogP contribution < -0.4 is 10.1 Å². The molecular weight excluding hydrogens is 272 g/mol. The molecule has 6 heteroatoms. The van der Waals surface area contributed by atoms with Crippen molar-refractivity contribution in [1.29, 1.82) is 0 Å². The van der Waals surface area contributed by atoms with Crippen molar-refractivity contribution in [3.8, 4) is 5.75 Å². The van der Waals surface area contributed by atoms with E-state index in [9.17, 15) is 14.9 Å². The zero-order valence-corrected chi connectivity index (χ0v) is 12.1. The SMILES string of the molecule is CCOc1ccc(NC(=O)C2CCCCC2)c([N+](=O)[O-])c1. The quantitative estimate of drug-likeness (QED) is 0.665. The van der Waals surface area contributed by atoms with E-state index in [1.165, 1.54) is 12.1 Å². The molecule has 0 aromatic heterocycles. The van der Waals surface area contributed by atoms with Crippen LogP contribution in [0.25, 0.3) is 0 Å². The third-order valence-corrected chi connectivity index (χ3v) is 3.71. The fourth-order valence-corrected chi connectivity index (χ4v) is 2.62. The van der Waals surface area contributed by atoms with Gasteiger partial charge in [0.2, 0.25) is 5.91 Å². The largest absolute Gasteiger partial charge is 0.494 e. The van der Waals surface area contributed by atoms with Crippen molar-refractivity contribution in [1.82, 2.24) is 0 Å². The van der Waals surface area contributed by atoms with Gasteiger partial charge in [-0.3, -0.25) is 14.9 Å². The van der Waals surface area contributed by atoms with Gasteiger partial charge in [-0.1, -0.05) is 19.3 Å². The second-order valence-corrected chi connectivity index (χ2v) is 5.19. The van der Waals surface area contributed by atoms with Crippen molar-refractivity contribution in [2.75, 3.05) is 11.9 Å². The topological polar surface area (TPSA) is 81.5 Å². The molecule has 0 unspecified atom stereocenters. The highest BCUT2D eigenvalue weighted by Gasteiger charge is 2.24. The molecular formula is C15H20N2O4. The second kappa shape index (κ2) is 7.06. The minimum absolute atomic E-state index is 0.0371. The summed E-state index contributed by atoms with van der Waals surface area (Å²) < 4.78 is 5.26. The van der Waals surface area contributed by atoms with Crippen molar-refractivity contribution in [2.24, 2.45) is 5.92 Å². The number of nitrogens with zero attached hydrogens (tertiary/aromatic N) is 1. The molecule has 0 heterocycles. The van der Waals surface area contributed by atoms with E-state index >= 15 is 0 Å². The average Bonchev–Trinajstić information content (AvgIpc) is 2.49. The van der Waals surface area contributed by atoms with E-state index in [4.69, 9.17) is 4.74 Å². The molecule has 0 aliphatic heterocycles. The Bertz CT molecular complexity index is 524. The molecule has 0 atom stereocenters. The fraction of sp³-hybridized carbons (Fsp3) is 0.533. The number of amides is 1. The van der Waals surface area contributed by atoms with Gasteiger partial charge in [-0.05, 0) is 31.9 Å². The first-order valence-corrected chi connectivity index (χ1v) is 7.34. The first-order chi connectivity index (χ1) is 10.1. The van der Waals surface area contributed by atoms with Crippen molar-refractivity contribution < 1.29 is 14.5 Å². The van der Waals surface area contributed by atoms with Crippen molar-refractivity contribution in [3.05, 3.63) is 28.3 Å². The third-order valence-electron chi connectivity index (χ3n) is 3.71. The standard InChI is InChI=1S/C15H20N2O4/c1-2-21-12-8-9-13(14(10-12)17(19)20)16-15(18)11-6-4-3-5-7-11/h8-11H,2-7H2,1H3,(H,16,18). The maximum atomic E-state index is 12.2. The van der Waals surface area contributed by atoms with E-state index < -0.39 is 4.92 Å². The Kier molecular flexibility index (Phi) is 5.14. The van der Waals surface area contributed by atoms with Gasteiger partial charge in [-0.15, -0.1) is 0 Å². The molecule has 1 aromatic rings. The minimum atomic E-state index is -0.501. The van der Waals surface area contributed by atoms with E-state index in [0.717, 1.165) is 32.1 Å². The van der Waals surface area contributed by atoms with Crippen LogP contribution in [0, 0.1) is 16.0 Å². The summed E-state index contributed by atoms with van der Waals surface area (Å²) in [6.07, 6.45) is 4.97. The second-order valence-electron chi connectivity index (χ2n) is 5.19. The van der Waals surface area contributed by atoms with Crippen LogP contribution in [0.4, 0.5) is 11.4 Å². The van der Waals surface area contributed by atoms with Gasteiger partial charge in [0, 0.05) is 5.92 Å². The lowest BCUT2D eigenvalue weighted by Gasteiger charge is -2.20. The Morgan fingerprint density at radius 1 is 1.38 bits per heavy atom. The molecule has 1 N–H and O–H groups in total. The number of hydrogen-bond acceptors (Lipinski definition) is 4. The van der Waals surface area contributed by atoms with E-state index in [-0.39, 0.29) is 23.2 Å². The predicted molar refractivity (Wildman–Crippen MR) is 79.5 cm³/mol. The van der Waals surface area contributed by atoms with Crippen LogP contribution in [0.3, 0.4) is 0 Å². The summed E-state index contributed by atoms with van der Waals surface area (Å²) in [7, 11) is 0. The summed E-state index contributed by atoms with van der Waals surface area (Å²) in [5.74, 6) is 0.270. The summed E-state index contributed by atoms with van der Waals surface area (Å²) in [6, 6.07) is 4.51. The lowest BCUT2D eigenvalue weighted by Crippen LogP contribution is -2.25. The highest BCUT2D eigenvalue weighted by molar-refractivity contribution is 5.94. The molecule has 1 aromatic carbocycles. The monoisotopic (exact) mass is 292 g/mol. The Morgan fingerprint density at radius 2 is 2.10 bits per heavy atom. The van der Waals surface area contributed by atoms with Gasteiger partial charge in [-0.2, -0.15) is 0 Å². The van der Waals surface area contributed by atoms with Crippen molar-refractivity contribution in [2.45, 2.75) is 39.0 Å². The van der Waals surface area contributed by atoms with E-state index in [1.807, 2.05) is 6.92 Å². The molecule has 1 amide bonds. The number of rotatable bonds is 5. The zero-order chi connectivity index (χ0) is 15.2. The Labute approximate surface area is 123 Å². The summed E-state index contributed by atoms with van der Waals surface area (Å²) >= 11 is 0. The van der Waals surface area contributed by atoms with E-state index in [2.05, 4.69) is 5.32 Å². The molecule has 1 saturated carbocycles. The van der Waals surface area contributed by atoms with Gasteiger partial charge < -0.3 is 10.1 Å². The minimum Gasteiger partial charge on any atom is -0.494 e. The first-order valence-electron chi connectivity index (χ1n) is 7.34. The van der Waals surface area contributed by atoms with Crippen LogP contribution in [0.2, 0.25) is 0 Å². The molecule has 2 rings (SSSR count). The maximum Gasteiger partial charge on any atom is 0.296 e. The summed E-state index contributed by atoms with van der Waals surface area (Å²) in [5, 5.41) is 13.8. The summed E-state index contributed by atoms with van der Waals surface area (Å²) in [4.78, 5) is 22.8. The van der Waals surface area contributed by atoms with Crippen LogP contribution in [0.5, 0.6) is 5.75 Å². The molecule has 0 spiro atoms. The van der Waals surface area contributed by atoms with Crippen LogP contribution in [-0.4, -0.2) is 17.4 Å². The number of carbonyl (C=O) groups is 1. The summed E-state index contributed by atoms with van der Waals surface area (Å²) in [5.41, 5.74) is 0.101. The predicted octanol–water partition coefficient (Wildman–Crippen LogP) is 3.51. The third kappa shape index (κ3) is 3.93. The summed E-state index contributed by atoms with van der Waals surface area (Å²) in [6.45, 7) is 2.25. The van der Waals surface area contributed by atoms with Gasteiger partial charge >= 0.3 is 0 Å². The maximum absolute atomic E-state index is 12.2. The molecule has 21 heavy (non-hydrogen) atoms. The molecule has 0 saturated heterocycles. The van der Waals surface area contributed by atoms with Crippen molar-refractivity contribution >= 4 is 17.3 Å². The lowest BCUT2D eigenvalue weighted by molar-refractivity contribution is -0.384. The Morgan fingerprint density at radius 3 is 2.71 bits per heavy atom. The lowest BCUT2D eigenvalue weighted by atomic mass is 9.88. The number of ether oxygens (including phenoxy) is 1. The zero-order valence-electron chi connectivity index (χ0n) is 12.1. The first kappa shape index (κ1) is 15.3. The van der Waals surface area contributed by atoms with E-state index in [1.54, 1.807) is 6.07 Å². The van der Waals surface area contributed by atoms with Gasteiger partial charge in [0.1, 0.15) is 11.4 Å². The van der Waals surface area contributed by atoms with Crippen LogP contribution in [0.1, 0.15) is 39.0 Å².